The molecule has 0 aliphatic rings. The van der Waals surface area contributed by atoms with Crippen molar-refractivity contribution in [2.24, 2.45) is 0 Å². The lowest BCUT2D eigenvalue weighted by atomic mass is 10.0. The van der Waals surface area contributed by atoms with Crippen LogP contribution in [0.2, 0.25) is 0 Å². The average molecular weight is 286 g/mol. The molecule has 21 heavy (non-hydrogen) atoms. The van der Waals surface area contributed by atoms with Crippen LogP contribution in [0.3, 0.4) is 0 Å². The van der Waals surface area contributed by atoms with Crippen molar-refractivity contribution in [3.8, 4) is 11.5 Å². The third kappa shape index (κ3) is 4.76. The van der Waals surface area contributed by atoms with E-state index in [0.29, 0.717) is 23.3 Å². The van der Waals surface area contributed by atoms with Gasteiger partial charge in [-0.2, -0.15) is 0 Å². The Labute approximate surface area is 124 Å². The largest absolute Gasteiger partial charge is 0.504 e. The molecule has 0 radical (unpaired) electrons. The summed E-state index contributed by atoms with van der Waals surface area (Å²) in [5.74, 6) is -0.246. The number of methoxy groups -OCH3 is 1. The van der Waals surface area contributed by atoms with E-state index in [0.717, 1.165) is 6.08 Å². The Balaban J connectivity index is 2.99. The number of phenols is 1. The van der Waals surface area contributed by atoms with Crippen LogP contribution < -0.4 is 4.74 Å². The highest BCUT2D eigenvalue weighted by Crippen LogP contribution is 2.32. The van der Waals surface area contributed by atoms with Gasteiger partial charge in [-0.05, 0) is 36.3 Å². The Hall–Kier alpha value is -2.62. The van der Waals surface area contributed by atoms with Crippen LogP contribution in [0.5, 0.6) is 11.5 Å². The normalized spacial score (nSPS) is 10.3. The Kier molecular flexibility index (Phi) is 6.14. The van der Waals surface area contributed by atoms with Gasteiger partial charge >= 0.3 is 0 Å². The molecule has 1 aromatic rings. The first-order valence-electron chi connectivity index (χ1n) is 6.38. The first-order chi connectivity index (χ1) is 10.0. The fraction of sp³-hybridized carbons (Fsp3) is 0.176. The Morgan fingerprint density at radius 2 is 2.00 bits per heavy atom. The first-order valence-corrected chi connectivity index (χ1v) is 6.38. The van der Waals surface area contributed by atoms with Crippen LogP contribution in [0, 0.1) is 0 Å². The van der Waals surface area contributed by atoms with E-state index in [1.807, 2.05) is 0 Å². The molecule has 0 aliphatic carbocycles. The van der Waals surface area contributed by atoms with Crippen LogP contribution in [-0.2, 0) is 16.0 Å². The summed E-state index contributed by atoms with van der Waals surface area (Å²) in [4.78, 5) is 22.6. The maximum absolute atomic E-state index is 11.6. The third-order valence-corrected chi connectivity index (χ3v) is 2.80. The fourth-order valence-electron chi connectivity index (χ4n) is 1.74. The molecule has 0 unspecified atom stereocenters. The van der Waals surface area contributed by atoms with Gasteiger partial charge in [-0.15, -0.1) is 6.58 Å². The van der Waals surface area contributed by atoms with Crippen molar-refractivity contribution in [3.63, 3.8) is 0 Å². The molecule has 1 aromatic carbocycles. The van der Waals surface area contributed by atoms with Crippen molar-refractivity contribution in [1.82, 2.24) is 0 Å². The number of carbonyl (C=O) groups is 2. The number of benzene rings is 1. The molecule has 0 atom stereocenters. The molecule has 4 nitrogen and oxygen atoms in total. The molecular formula is C17H18O4. The van der Waals surface area contributed by atoms with E-state index in [2.05, 4.69) is 13.2 Å². The van der Waals surface area contributed by atoms with Crippen molar-refractivity contribution in [3.05, 3.63) is 54.6 Å². The van der Waals surface area contributed by atoms with Gasteiger partial charge in [0.2, 0.25) is 0 Å². The van der Waals surface area contributed by atoms with Gasteiger partial charge in [0.05, 0.1) is 13.5 Å². The van der Waals surface area contributed by atoms with Crippen LogP contribution in [0.15, 0.2) is 43.5 Å². The summed E-state index contributed by atoms with van der Waals surface area (Å²) >= 11 is 0. The summed E-state index contributed by atoms with van der Waals surface area (Å²) in [5.41, 5.74) is 1.35. The van der Waals surface area contributed by atoms with Crippen molar-refractivity contribution >= 4 is 17.6 Å². The number of allylic oxidation sites excluding steroid dienone is 3. The topological polar surface area (TPSA) is 63.6 Å². The molecule has 0 saturated heterocycles. The van der Waals surface area contributed by atoms with Crippen LogP contribution in [-0.4, -0.2) is 23.8 Å². The van der Waals surface area contributed by atoms with Gasteiger partial charge in [-0.25, -0.2) is 0 Å². The highest BCUT2D eigenvalue weighted by Gasteiger charge is 2.09. The monoisotopic (exact) mass is 286 g/mol. The second-order valence-corrected chi connectivity index (χ2v) is 4.37. The molecule has 1 N–H and O–H groups in total. The fourth-order valence-corrected chi connectivity index (χ4v) is 1.74. The predicted molar refractivity (Wildman–Crippen MR) is 82.4 cm³/mol. The lowest BCUT2D eigenvalue weighted by molar-refractivity contribution is -0.121. The van der Waals surface area contributed by atoms with E-state index < -0.39 is 0 Å². The summed E-state index contributed by atoms with van der Waals surface area (Å²) < 4.78 is 5.09. The second-order valence-electron chi connectivity index (χ2n) is 4.37. The summed E-state index contributed by atoms with van der Waals surface area (Å²) in [7, 11) is 1.45. The number of phenolic OH excluding ortho intramolecular Hbond substituents is 1. The lowest BCUT2D eigenvalue weighted by Gasteiger charge is -2.09. The molecule has 0 heterocycles. The van der Waals surface area contributed by atoms with E-state index in [1.165, 1.54) is 13.2 Å². The lowest BCUT2D eigenvalue weighted by Crippen LogP contribution is -2.01. The zero-order valence-corrected chi connectivity index (χ0v) is 12.0. The molecule has 0 spiro atoms. The summed E-state index contributed by atoms with van der Waals surface area (Å²) in [5, 5.41) is 9.95. The van der Waals surface area contributed by atoms with E-state index in [1.54, 1.807) is 24.3 Å². The Bertz CT molecular complexity index is 597. The molecule has 0 bridgehead atoms. The van der Waals surface area contributed by atoms with Gasteiger partial charge in [0.25, 0.3) is 0 Å². The number of carbonyl (C=O) groups excluding carboxylic acids is 2. The molecule has 4 heteroatoms. The minimum absolute atomic E-state index is 0.0581. The number of rotatable bonds is 8. The summed E-state index contributed by atoms with van der Waals surface area (Å²) in [6.07, 6.45) is 5.97. The van der Waals surface area contributed by atoms with Gasteiger partial charge in [-0.1, -0.05) is 18.7 Å². The van der Waals surface area contributed by atoms with E-state index in [-0.39, 0.29) is 23.7 Å². The molecule has 110 valence electrons. The van der Waals surface area contributed by atoms with Gasteiger partial charge in [-0.3, -0.25) is 9.59 Å². The van der Waals surface area contributed by atoms with Crippen LogP contribution in [0.4, 0.5) is 0 Å². The number of hydrogen-bond acceptors (Lipinski definition) is 4. The maximum Gasteiger partial charge on any atom is 0.163 e. The average Bonchev–Trinajstić information content (AvgIpc) is 2.47. The zero-order chi connectivity index (χ0) is 15.8. The van der Waals surface area contributed by atoms with Gasteiger partial charge < -0.3 is 9.84 Å². The maximum atomic E-state index is 11.6. The third-order valence-electron chi connectivity index (χ3n) is 2.80. The summed E-state index contributed by atoms with van der Waals surface area (Å²) in [6, 6.07) is 3.35. The van der Waals surface area contributed by atoms with Gasteiger partial charge in [0.1, 0.15) is 0 Å². The molecular weight excluding hydrogens is 268 g/mol. The summed E-state index contributed by atoms with van der Waals surface area (Å²) in [6.45, 7) is 6.94. The number of ketones is 2. The van der Waals surface area contributed by atoms with Gasteiger partial charge in [0, 0.05) is 5.56 Å². The standard InChI is InChI=1S/C17H18O4/c1-4-6-13-9-12(10-16(21-3)17(13)20)7-8-15(19)11-14(18)5-2/h4-5,7-10,20H,1-2,6,11H2,3H3. The zero-order valence-electron chi connectivity index (χ0n) is 12.0. The van der Waals surface area contributed by atoms with Crippen molar-refractivity contribution in [1.29, 1.82) is 0 Å². The minimum Gasteiger partial charge on any atom is -0.504 e. The smallest absolute Gasteiger partial charge is 0.163 e. The number of ether oxygens (including phenoxy) is 1. The SMILES string of the molecule is C=CCc1cc(C=CC(=O)CC(=O)C=C)cc(OC)c1O. The second kappa shape index (κ2) is 7.85. The molecule has 1 rings (SSSR count). The highest BCUT2D eigenvalue weighted by atomic mass is 16.5. The minimum atomic E-state index is -0.319. The Morgan fingerprint density at radius 3 is 2.57 bits per heavy atom. The van der Waals surface area contributed by atoms with E-state index >= 15 is 0 Å². The molecule has 0 aromatic heterocycles. The predicted octanol–water partition coefficient (Wildman–Crippen LogP) is 2.86. The Morgan fingerprint density at radius 1 is 1.29 bits per heavy atom. The molecule has 0 aliphatic heterocycles. The molecule has 0 fully saturated rings. The quantitative estimate of drug-likeness (QED) is 0.453. The van der Waals surface area contributed by atoms with Crippen molar-refractivity contribution in [2.75, 3.05) is 7.11 Å². The molecule has 0 amide bonds. The van der Waals surface area contributed by atoms with Crippen LogP contribution in [0.1, 0.15) is 17.5 Å². The highest BCUT2D eigenvalue weighted by molar-refractivity contribution is 6.09. The number of aromatic hydroxyl groups is 1. The van der Waals surface area contributed by atoms with E-state index in [9.17, 15) is 14.7 Å². The van der Waals surface area contributed by atoms with Crippen LogP contribution in [0.25, 0.3) is 6.08 Å². The van der Waals surface area contributed by atoms with Crippen molar-refractivity contribution in [2.45, 2.75) is 12.8 Å². The number of hydrogen-bond donors (Lipinski definition) is 1. The van der Waals surface area contributed by atoms with Crippen molar-refractivity contribution < 1.29 is 19.4 Å². The first kappa shape index (κ1) is 16.4. The molecule has 0 saturated carbocycles. The van der Waals surface area contributed by atoms with Crippen LogP contribution >= 0.6 is 0 Å². The van der Waals surface area contributed by atoms with Gasteiger partial charge in [0.15, 0.2) is 23.1 Å². The van der Waals surface area contributed by atoms with E-state index in [4.69, 9.17) is 4.74 Å².